The van der Waals surface area contributed by atoms with Crippen molar-refractivity contribution in [3.63, 3.8) is 0 Å². The van der Waals surface area contributed by atoms with E-state index in [0.29, 0.717) is 15.8 Å². The fraction of sp³-hybridized carbons (Fsp3) is 0.143. The van der Waals surface area contributed by atoms with Gasteiger partial charge in [-0.15, -0.1) is 0 Å². The monoisotopic (exact) mass is 618 g/mol. The lowest BCUT2D eigenvalue weighted by Crippen LogP contribution is -2.39. The number of ether oxygens (including phenoxy) is 1. The normalized spacial score (nSPS) is 11.6. The maximum absolute atomic E-state index is 13.5. The number of carbonyl (C=O) groups is 1. The molecule has 0 atom stereocenters. The average molecular weight is 620 g/mol. The van der Waals surface area contributed by atoms with E-state index in [1.54, 1.807) is 30.3 Å². The van der Waals surface area contributed by atoms with Crippen LogP contribution in [0, 0.1) is 13.8 Å². The molecule has 0 bridgehead atoms. The number of nitrogens with one attached hydrogen (secondary N) is 1. The van der Waals surface area contributed by atoms with Gasteiger partial charge in [-0.05, 0) is 68.4 Å². The Bertz CT molecular complexity index is 1690. The van der Waals surface area contributed by atoms with Crippen LogP contribution in [0.4, 0.5) is 5.69 Å². The maximum atomic E-state index is 13.5. The number of hydrazone groups is 1. The minimum Gasteiger partial charge on any atom is -0.495 e. The van der Waals surface area contributed by atoms with Crippen LogP contribution < -0.4 is 14.5 Å². The van der Waals surface area contributed by atoms with Crippen LogP contribution in [0.15, 0.2) is 82.8 Å². The highest BCUT2D eigenvalue weighted by molar-refractivity contribution is 7.92. The number of nitrogens with zero attached hydrogens (tertiary/aromatic N) is 3. The third-order valence-electron chi connectivity index (χ3n) is 6.07. The van der Waals surface area contributed by atoms with Crippen LogP contribution in [0.2, 0.25) is 15.1 Å². The van der Waals surface area contributed by atoms with Gasteiger partial charge in [-0.1, -0.05) is 53.0 Å². The predicted octanol–water partition coefficient (Wildman–Crippen LogP) is 6.41. The summed E-state index contributed by atoms with van der Waals surface area (Å²) in [6, 6.07) is 19.5. The molecular formula is C28H25Cl3N4O4S. The number of sulfonamides is 1. The number of benzene rings is 3. The number of methoxy groups -OCH3 is 1. The van der Waals surface area contributed by atoms with Gasteiger partial charge in [0.1, 0.15) is 12.3 Å². The smallest absolute Gasteiger partial charge is 0.264 e. The first-order valence-electron chi connectivity index (χ1n) is 11.9. The second kappa shape index (κ2) is 12.3. The topological polar surface area (TPSA) is 93.0 Å². The van der Waals surface area contributed by atoms with Gasteiger partial charge in [0.2, 0.25) is 0 Å². The zero-order valence-corrected chi connectivity index (χ0v) is 24.8. The van der Waals surface area contributed by atoms with E-state index < -0.39 is 22.5 Å². The second-order valence-electron chi connectivity index (χ2n) is 8.70. The molecule has 1 heterocycles. The molecule has 0 aliphatic rings. The quantitative estimate of drug-likeness (QED) is 0.173. The molecule has 4 rings (SSSR count). The first-order valence-corrected chi connectivity index (χ1v) is 14.5. The van der Waals surface area contributed by atoms with E-state index in [4.69, 9.17) is 39.5 Å². The van der Waals surface area contributed by atoms with Crippen molar-refractivity contribution in [1.29, 1.82) is 0 Å². The number of aryl methyl sites for hydroxylation is 1. The summed E-state index contributed by atoms with van der Waals surface area (Å²) in [7, 11) is -2.66. The molecule has 3 aromatic carbocycles. The molecule has 0 fully saturated rings. The summed E-state index contributed by atoms with van der Waals surface area (Å²) >= 11 is 18.5. The number of halogens is 3. The Morgan fingerprint density at radius 3 is 2.35 bits per heavy atom. The summed E-state index contributed by atoms with van der Waals surface area (Å²) < 4.78 is 35.1. The molecule has 208 valence electrons. The van der Waals surface area contributed by atoms with Crippen molar-refractivity contribution in [2.75, 3.05) is 18.0 Å². The van der Waals surface area contributed by atoms with Gasteiger partial charge in [-0.2, -0.15) is 5.10 Å². The molecule has 0 saturated carbocycles. The van der Waals surface area contributed by atoms with E-state index in [1.165, 1.54) is 43.7 Å². The van der Waals surface area contributed by atoms with E-state index in [1.807, 2.05) is 30.5 Å². The summed E-state index contributed by atoms with van der Waals surface area (Å²) in [5.74, 6) is -0.281. The van der Waals surface area contributed by atoms with Crippen LogP contribution in [0.25, 0.3) is 5.69 Å². The lowest BCUT2D eigenvalue weighted by Gasteiger charge is -2.24. The number of hydrogen-bond donors (Lipinski definition) is 1. The van der Waals surface area contributed by atoms with Gasteiger partial charge in [-0.25, -0.2) is 13.8 Å². The van der Waals surface area contributed by atoms with Gasteiger partial charge in [0.05, 0.1) is 39.0 Å². The highest BCUT2D eigenvalue weighted by Crippen LogP contribution is 2.32. The molecule has 40 heavy (non-hydrogen) atoms. The minimum absolute atomic E-state index is 0.0213. The second-order valence-corrected chi connectivity index (χ2v) is 11.8. The van der Waals surface area contributed by atoms with Crippen molar-refractivity contribution >= 4 is 62.6 Å². The van der Waals surface area contributed by atoms with Crippen molar-refractivity contribution < 1.29 is 17.9 Å². The fourth-order valence-corrected chi connectivity index (χ4v) is 6.10. The summed E-state index contributed by atoms with van der Waals surface area (Å²) in [6.45, 7) is 3.29. The third-order valence-corrected chi connectivity index (χ3v) is 8.89. The largest absolute Gasteiger partial charge is 0.495 e. The van der Waals surface area contributed by atoms with Crippen molar-refractivity contribution in [2.45, 2.75) is 18.7 Å². The molecule has 0 unspecified atom stereocenters. The highest BCUT2D eigenvalue weighted by Gasteiger charge is 2.27. The number of amides is 1. The predicted molar refractivity (Wildman–Crippen MR) is 160 cm³/mol. The van der Waals surface area contributed by atoms with Gasteiger partial charge in [0.15, 0.2) is 0 Å². The summed E-state index contributed by atoms with van der Waals surface area (Å²) in [5.41, 5.74) is 5.97. The zero-order chi connectivity index (χ0) is 29.0. The molecule has 4 aromatic rings. The van der Waals surface area contributed by atoms with Crippen LogP contribution >= 0.6 is 34.8 Å². The summed E-state index contributed by atoms with van der Waals surface area (Å²) in [4.78, 5) is 13.0. The van der Waals surface area contributed by atoms with Crippen LogP contribution in [-0.4, -0.2) is 38.8 Å². The molecule has 0 aliphatic heterocycles. The molecule has 1 aromatic heterocycles. The Morgan fingerprint density at radius 2 is 1.70 bits per heavy atom. The molecule has 8 nitrogen and oxygen atoms in total. The van der Waals surface area contributed by atoms with Crippen LogP contribution in [0.3, 0.4) is 0 Å². The number of anilines is 1. The molecule has 0 spiro atoms. The van der Waals surface area contributed by atoms with Crippen molar-refractivity contribution in [3.05, 3.63) is 105 Å². The van der Waals surface area contributed by atoms with Gasteiger partial charge < -0.3 is 9.30 Å². The molecule has 1 N–H and O–H groups in total. The van der Waals surface area contributed by atoms with E-state index in [0.717, 1.165) is 26.9 Å². The number of aromatic nitrogens is 1. The summed E-state index contributed by atoms with van der Waals surface area (Å²) in [5, 5.41) is 5.16. The molecule has 0 radical (unpaired) electrons. The number of rotatable bonds is 9. The first-order chi connectivity index (χ1) is 19.0. The average Bonchev–Trinajstić information content (AvgIpc) is 3.21. The van der Waals surface area contributed by atoms with Gasteiger partial charge in [0.25, 0.3) is 15.9 Å². The maximum Gasteiger partial charge on any atom is 0.264 e. The number of hydrogen-bond acceptors (Lipinski definition) is 5. The molecule has 12 heteroatoms. The molecule has 0 saturated heterocycles. The third kappa shape index (κ3) is 6.28. The number of carbonyl (C=O) groups excluding carboxylic acids is 1. The van der Waals surface area contributed by atoms with Crippen molar-refractivity contribution in [1.82, 2.24) is 9.99 Å². The zero-order valence-electron chi connectivity index (χ0n) is 21.7. The van der Waals surface area contributed by atoms with Crippen LogP contribution in [0.5, 0.6) is 5.75 Å². The lowest BCUT2D eigenvalue weighted by molar-refractivity contribution is -0.119. The van der Waals surface area contributed by atoms with Gasteiger partial charge >= 0.3 is 0 Å². The Balaban J connectivity index is 1.57. The fourth-order valence-electron chi connectivity index (χ4n) is 4.12. The Labute approximate surface area is 247 Å². The van der Waals surface area contributed by atoms with E-state index in [2.05, 4.69) is 10.5 Å². The van der Waals surface area contributed by atoms with Crippen LogP contribution in [0.1, 0.15) is 17.0 Å². The van der Waals surface area contributed by atoms with Crippen LogP contribution in [-0.2, 0) is 14.8 Å². The molecule has 0 aliphatic carbocycles. The van der Waals surface area contributed by atoms with Crippen molar-refractivity contribution in [2.24, 2.45) is 5.10 Å². The van der Waals surface area contributed by atoms with Gasteiger partial charge in [-0.3, -0.25) is 9.10 Å². The highest BCUT2D eigenvalue weighted by atomic mass is 35.5. The Hall–Kier alpha value is -3.50. The Kier molecular flexibility index (Phi) is 9.10. The SMILES string of the molecule is COc1ccc(N(CC(=O)N/N=C\c2cc(C)n(-c3ccc(Cl)c(Cl)c3)c2C)S(=O)(=O)c2ccccc2)cc1Cl. The molecule has 1 amide bonds. The summed E-state index contributed by atoms with van der Waals surface area (Å²) in [6.07, 6.45) is 1.49. The van der Waals surface area contributed by atoms with E-state index in [9.17, 15) is 13.2 Å². The molecular weight excluding hydrogens is 595 g/mol. The minimum atomic E-state index is -4.11. The lowest BCUT2D eigenvalue weighted by atomic mass is 10.2. The van der Waals surface area contributed by atoms with Crippen molar-refractivity contribution in [3.8, 4) is 11.4 Å². The first kappa shape index (κ1) is 29.5. The van der Waals surface area contributed by atoms with E-state index in [-0.39, 0.29) is 15.6 Å². The van der Waals surface area contributed by atoms with Gasteiger partial charge in [0, 0.05) is 22.6 Å². The van der Waals surface area contributed by atoms with E-state index >= 15 is 0 Å². The standard InChI is InChI=1S/C28H25Cl3N4O4S/c1-18-13-20(19(2)35(18)22-9-11-24(29)25(30)15-22)16-32-33-28(36)17-34(21-10-12-27(39-3)26(31)14-21)40(37,38)23-7-5-4-6-8-23/h4-16H,17H2,1-3H3,(H,33,36)/b32-16-. The Morgan fingerprint density at radius 1 is 0.975 bits per heavy atom.